The van der Waals surface area contributed by atoms with E-state index in [0.29, 0.717) is 18.8 Å². The predicted molar refractivity (Wildman–Crippen MR) is 104 cm³/mol. The molecule has 0 aliphatic heterocycles. The molecule has 1 aliphatic carbocycles. The van der Waals surface area contributed by atoms with E-state index in [1.165, 1.54) is 6.42 Å². The molecular formula is C20H29N5O. The quantitative estimate of drug-likeness (QED) is 0.733. The van der Waals surface area contributed by atoms with Crippen molar-refractivity contribution in [3.05, 3.63) is 30.1 Å². The molecule has 0 unspecified atom stereocenters. The number of hydrogen-bond acceptors (Lipinski definition) is 4. The van der Waals surface area contributed by atoms with Crippen molar-refractivity contribution in [2.45, 2.75) is 58.3 Å². The van der Waals surface area contributed by atoms with E-state index in [1.54, 1.807) is 0 Å². The number of nitrogens with two attached hydrogens (primary N) is 1. The molecule has 2 aromatic rings. The van der Waals surface area contributed by atoms with Gasteiger partial charge in [0.05, 0.1) is 5.69 Å². The van der Waals surface area contributed by atoms with E-state index in [1.807, 2.05) is 24.3 Å². The number of carbonyl (C=O) groups excluding carboxylic acids is 1. The zero-order valence-corrected chi connectivity index (χ0v) is 15.7. The Morgan fingerprint density at radius 2 is 2.00 bits per heavy atom. The number of nitrogens with one attached hydrogen (secondary N) is 2. The molecule has 1 saturated carbocycles. The van der Waals surface area contributed by atoms with Gasteiger partial charge < -0.3 is 11.1 Å². The van der Waals surface area contributed by atoms with E-state index in [9.17, 15) is 4.79 Å². The highest BCUT2D eigenvalue weighted by Crippen LogP contribution is 2.38. The van der Waals surface area contributed by atoms with Gasteiger partial charge in [-0.3, -0.25) is 9.89 Å². The number of amides is 1. The molecule has 0 saturated heterocycles. The Kier molecular flexibility index (Phi) is 5.71. The molecule has 0 radical (unpaired) electrons. The molecule has 1 heterocycles. The lowest BCUT2D eigenvalue weighted by atomic mass is 9.71. The van der Waals surface area contributed by atoms with Crippen LogP contribution in [0.5, 0.6) is 0 Å². The molecule has 4 N–H and O–H groups in total. The topological polar surface area (TPSA) is 96.7 Å². The summed E-state index contributed by atoms with van der Waals surface area (Å²) in [7, 11) is 0. The number of carbonyl (C=O) groups is 1. The predicted octanol–water partition coefficient (Wildman–Crippen LogP) is 3.83. The highest BCUT2D eigenvalue weighted by molar-refractivity contribution is 5.95. The summed E-state index contributed by atoms with van der Waals surface area (Å²) in [6, 6.07) is 7.67. The summed E-state index contributed by atoms with van der Waals surface area (Å²) in [4.78, 5) is 17.3. The molecule has 6 nitrogen and oxygen atoms in total. The summed E-state index contributed by atoms with van der Waals surface area (Å²) >= 11 is 0. The fourth-order valence-electron chi connectivity index (χ4n) is 3.73. The minimum atomic E-state index is -0.0489. The molecule has 1 aromatic carbocycles. The molecule has 26 heavy (non-hydrogen) atoms. The van der Waals surface area contributed by atoms with E-state index in [0.717, 1.165) is 42.8 Å². The van der Waals surface area contributed by atoms with Gasteiger partial charge in [0.2, 0.25) is 5.91 Å². The lowest BCUT2D eigenvalue weighted by Gasteiger charge is -2.35. The molecule has 140 valence electrons. The van der Waals surface area contributed by atoms with Gasteiger partial charge in [0.1, 0.15) is 5.82 Å². The third kappa shape index (κ3) is 4.12. The van der Waals surface area contributed by atoms with Crippen LogP contribution in [0.25, 0.3) is 11.4 Å². The van der Waals surface area contributed by atoms with Crippen molar-refractivity contribution < 1.29 is 4.79 Å². The lowest BCUT2D eigenvalue weighted by molar-refractivity contribution is -0.118. The van der Waals surface area contributed by atoms with Crippen LogP contribution in [0.1, 0.15) is 64.1 Å². The molecule has 0 atom stereocenters. The third-order valence-electron chi connectivity index (χ3n) is 5.37. The molecule has 1 aromatic heterocycles. The van der Waals surface area contributed by atoms with Gasteiger partial charge in [-0.15, -0.1) is 0 Å². The average Bonchev–Trinajstić information content (AvgIpc) is 3.13. The van der Waals surface area contributed by atoms with Crippen LogP contribution in [0, 0.1) is 5.41 Å². The summed E-state index contributed by atoms with van der Waals surface area (Å²) in [5.41, 5.74) is 7.55. The summed E-state index contributed by atoms with van der Waals surface area (Å²) in [6.45, 7) is 4.70. The minimum absolute atomic E-state index is 0.0180. The fraction of sp³-hybridized carbons (Fsp3) is 0.550. The maximum Gasteiger partial charge on any atom is 0.224 e. The second-order valence-electron chi connectivity index (χ2n) is 7.73. The Hall–Kier alpha value is -2.21. The van der Waals surface area contributed by atoms with Gasteiger partial charge in [-0.25, -0.2) is 4.98 Å². The van der Waals surface area contributed by atoms with Crippen LogP contribution in [0.2, 0.25) is 0 Å². The van der Waals surface area contributed by atoms with Crippen LogP contribution in [0.15, 0.2) is 24.3 Å². The summed E-state index contributed by atoms with van der Waals surface area (Å²) in [5, 5.41) is 10.4. The Morgan fingerprint density at radius 3 is 2.65 bits per heavy atom. The number of anilines is 1. The average molecular weight is 355 g/mol. The van der Waals surface area contributed by atoms with Crippen LogP contribution in [-0.4, -0.2) is 27.6 Å². The molecule has 1 amide bonds. The van der Waals surface area contributed by atoms with E-state index >= 15 is 0 Å². The first kappa shape index (κ1) is 18.6. The highest BCUT2D eigenvalue weighted by atomic mass is 16.1. The van der Waals surface area contributed by atoms with Crippen molar-refractivity contribution >= 4 is 11.6 Å². The summed E-state index contributed by atoms with van der Waals surface area (Å²) in [5.74, 6) is 1.74. The number of benzene rings is 1. The normalized spacial score (nSPS) is 16.6. The van der Waals surface area contributed by atoms with Crippen LogP contribution >= 0.6 is 0 Å². The first-order chi connectivity index (χ1) is 12.5. The minimum Gasteiger partial charge on any atom is -0.330 e. The zero-order valence-electron chi connectivity index (χ0n) is 15.7. The van der Waals surface area contributed by atoms with Crippen molar-refractivity contribution in [2.75, 3.05) is 11.9 Å². The molecule has 1 fully saturated rings. The Bertz CT molecular complexity index is 746. The SMILES string of the molecule is CC(C)c1nc(-c2ccccc2NC(=O)CC2(CN)CCCCC2)n[nH]1. The maximum absolute atomic E-state index is 12.7. The van der Waals surface area contributed by atoms with Gasteiger partial charge in [0, 0.05) is 17.9 Å². The molecule has 0 bridgehead atoms. The molecule has 0 spiro atoms. The second kappa shape index (κ2) is 7.99. The van der Waals surface area contributed by atoms with E-state index in [4.69, 9.17) is 5.73 Å². The smallest absolute Gasteiger partial charge is 0.224 e. The van der Waals surface area contributed by atoms with Gasteiger partial charge in [-0.2, -0.15) is 5.10 Å². The van der Waals surface area contributed by atoms with E-state index in [2.05, 4.69) is 34.3 Å². The maximum atomic E-state index is 12.7. The lowest BCUT2D eigenvalue weighted by Crippen LogP contribution is -2.36. The van der Waals surface area contributed by atoms with Crippen LogP contribution in [-0.2, 0) is 4.79 Å². The Balaban J connectivity index is 1.76. The summed E-state index contributed by atoms with van der Waals surface area (Å²) < 4.78 is 0. The van der Waals surface area contributed by atoms with Gasteiger partial charge in [0.25, 0.3) is 0 Å². The zero-order chi connectivity index (χ0) is 18.6. The summed E-state index contributed by atoms with van der Waals surface area (Å²) in [6.07, 6.45) is 6.12. The number of aromatic amines is 1. The number of rotatable bonds is 6. The van der Waals surface area contributed by atoms with Crippen molar-refractivity contribution in [2.24, 2.45) is 11.1 Å². The van der Waals surface area contributed by atoms with Gasteiger partial charge >= 0.3 is 0 Å². The first-order valence-electron chi connectivity index (χ1n) is 9.55. The standard InChI is InChI=1S/C20H29N5O/c1-14(2)18-23-19(25-24-18)15-8-4-5-9-16(15)22-17(26)12-20(13-21)10-6-3-7-11-20/h4-5,8-9,14H,3,6-7,10-13,21H2,1-2H3,(H,22,26)(H,23,24,25). The van der Waals surface area contributed by atoms with E-state index < -0.39 is 0 Å². The van der Waals surface area contributed by atoms with Gasteiger partial charge in [-0.05, 0) is 36.9 Å². The fourth-order valence-corrected chi connectivity index (χ4v) is 3.73. The molecule has 6 heteroatoms. The number of aromatic nitrogens is 3. The van der Waals surface area contributed by atoms with Crippen LogP contribution in [0.3, 0.4) is 0 Å². The van der Waals surface area contributed by atoms with Gasteiger partial charge in [0.15, 0.2) is 5.82 Å². The van der Waals surface area contributed by atoms with Gasteiger partial charge in [-0.1, -0.05) is 45.2 Å². The number of nitrogens with zero attached hydrogens (tertiary/aromatic N) is 2. The Labute approximate surface area is 155 Å². The molecule has 1 aliphatic rings. The number of hydrogen-bond donors (Lipinski definition) is 3. The Morgan fingerprint density at radius 1 is 1.27 bits per heavy atom. The largest absolute Gasteiger partial charge is 0.330 e. The van der Waals surface area contributed by atoms with Crippen molar-refractivity contribution in [3.8, 4) is 11.4 Å². The third-order valence-corrected chi connectivity index (χ3v) is 5.37. The molecule has 3 rings (SSSR count). The van der Waals surface area contributed by atoms with Crippen molar-refractivity contribution in [3.63, 3.8) is 0 Å². The highest BCUT2D eigenvalue weighted by Gasteiger charge is 2.33. The second-order valence-corrected chi connectivity index (χ2v) is 7.73. The monoisotopic (exact) mass is 355 g/mol. The molecular weight excluding hydrogens is 326 g/mol. The van der Waals surface area contributed by atoms with E-state index in [-0.39, 0.29) is 17.2 Å². The van der Waals surface area contributed by atoms with Crippen LogP contribution < -0.4 is 11.1 Å². The number of H-pyrrole nitrogens is 1. The van der Waals surface area contributed by atoms with Crippen molar-refractivity contribution in [1.29, 1.82) is 0 Å². The van der Waals surface area contributed by atoms with Crippen molar-refractivity contribution in [1.82, 2.24) is 15.2 Å². The van der Waals surface area contributed by atoms with Crippen LogP contribution in [0.4, 0.5) is 5.69 Å². The first-order valence-corrected chi connectivity index (χ1v) is 9.55. The number of para-hydroxylation sites is 1.